The number of aryl methyl sites for hydroxylation is 1. The van der Waals surface area contributed by atoms with Gasteiger partial charge in [0.2, 0.25) is 0 Å². The van der Waals surface area contributed by atoms with Gasteiger partial charge in [-0.25, -0.2) is 9.59 Å². The number of ether oxygens (including phenoxy) is 2. The van der Waals surface area contributed by atoms with Crippen LogP contribution in [0.2, 0.25) is 5.02 Å². The Balaban J connectivity index is 1.77. The molecule has 0 N–H and O–H groups in total. The number of nitrogens with zero attached hydrogens (tertiary/aromatic N) is 4. The standard InChI is InChI=1S/C26H25ClN4O4/c1-4-5-8-17-10-12-18(13-11-17)31-28-21-15-20(27)23(16-22(21)29-31)30-14-7-6-9-19(25(32)34-2)24(30)26(33)35-3/h6-7,9-16H,4-5,8H2,1-3H3. The first kappa shape index (κ1) is 24.2. The number of carbonyl (C=O) groups is 2. The SMILES string of the molecule is CCCCc1ccc(-n2nc3cc(Cl)c(N4C=CC=CC(C(=O)OC)=C4C(=O)OC)cc3n2)cc1. The summed E-state index contributed by atoms with van der Waals surface area (Å²) < 4.78 is 9.82. The molecule has 2 aromatic carbocycles. The Labute approximate surface area is 208 Å². The Morgan fingerprint density at radius 1 is 0.971 bits per heavy atom. The van der Waals surface area contributed by atoms with Crippen molar-refractivity contribution < 1.29 is 19.1 Å². The number of aromatic nitrogens is 3. The molecule has 1 aromatic heterocycles. The van der Waals surface area contributed by atoms with Crippen LogP contribution in [0.4, 0.5) is 5.69 Å². The van der Waals surface area contributed by atoms with E-state index < -0.39 is 11.9 Å². The molecule has 180 valence electrons. The number of benzene rings is 2. The highest BCUT2D eigenvalue weighted by molar-refractivity contribution is 6.34. The number of hydrogen-bond acceptors (Lipinski definition) is 7. The lowest BCUT2D eigenvalue weighted by atomic mass is 10.1. The Morgan fingerprint density at radius 3 is 2.31 bits per heavy atom. The molecule has 4 rings (SSSR count). The predicted octanol–water partition coefficient (Wildman–Crippen LogP) is 4.91. The third kappa shape index (κ3) is 4.97. The highest BCUT2D eigenvalue weighted by atomic mass is 35.5. The summed E-state index contributed by atoms with van der Waals surface area (Å²) in [6, 6.07) is 11.5. The molecule has 0 bridgehead atoms. The van der Waals surface area contributed by atoms with E-state index in [1.54, 1.807) is 35.3 Å². The van der Waals surface area contributed by atoms with E-state index in [0.717, 1.165) is 24.9 Å². The van der Waals surface area contributed by atoms with Crippen LogP contribution < -0.4 is 4.90 Å². The smallest absolute Gasteiger partial charge is 0.355 e. The number of esters is 2. The van der Waals surface area contributed by atoms with Crippen molar-refractivity contribution in [1.82, 2.24) is 15.0 Å². The van der Waals surface area contributed by atoms with Gasteiger partial charge in [-0.3, -0.25) is 0 Å². The Hall–Kier alpha value is -3.91. The Morgan fingerprint density at radius 2 is 1.66 bits per heavy atom. The molecular weight excluding hydrogens is 468 g/mol. The number of unbranched alkanes of at least 4 members (excludes halogenated alkanes) is 1. The molecule has 0 saturated heterocycles. The molecule has 1 aliphatic heterocycles. The van der Waals surface area contributed by atoms with Crippen LogP contribution in [0.25, 0.3) is 16.7 Å². The van der Waals surface area contributed by atoms with Crippen molar-refractivity contribution in [3.8, 4) is 5.69 Å². The predicted molar refractivity (Wildman–Crippen MR) is 134 cm³/mol. The van der Waals surface area contributed by atoms with Gasteiger partial charge in [0.05, 0.1) is 36.2 Å². The summed E-state index contributed by atoms with van der Waals surface area (Å²) in [5.41, 5.74) is 3.68. The van der Waals surface area contributed by atoms with Gasteiger partial charge in [0.25, 0.3) is 0 Å². The van der Waals surface area contributed by atoms with E-state index in [1.807, 2.05) is 12.1 Å². The summed E-state index contributed by atoms with van der Waals surface area (Å²) >= 11 is 6.62. The topological polar surface area (TPSA) is 86.6 Å². The highest BCUT2D eigenvalue weighted by Crippen LogP contribution is 2.35. The normalized spacial score (nSPS) is 13.3. The van der Waals surface area contributed by atoms with E-state index in [4.69, 9.17) is 21.1 Å². The number of carbonyl (C=O) groups excluding carboxylic acids is 2. The van der Waals surface area contributed by atoms with Gasteiger partial charge >= 0.3 is 11.9 Å². The monoisotopic (exact) mass is 492 g/mol. The molecule has 0 spiro atoms. The van der Waals surface area contributed by atoms with E-state index in [-0.39, 0.29) is 11.3 Å². The minimum absolute atomic E-state index is 0.0272. The van der Waals surface area contributed by atoms with E-state index in [1.165, 1.54) is 30.8 Å². The quantitative estimate of drug-likeness (QED) is 0.433. The van der Waals surface area contributed by atoms with Crippen LogP contribution in [0.3, 0.4) is 0 Å². The second-order valence-corrected chi connectivity index (χ2v) is 8.28. The number of allylic oxidation sites excluding steroid dienone is 2. The van der Waals surface area contributed by atoms with Crippen LogP contribution in [0.15, 0.2) is 72.1 Å². The molecule has 35 heavy (non-hydrogen) atoms. The fourth-order valence-electron chi connectivity index (χ4n) is 3.76. The molecule has 9 heteroatoms. The van der Waals surface area contributed by atoms with Gasteiger partial charge in [0.1, 0.15) is 16.7 Å². The van der Waals surface area contributed by atoms with Crippen LogP contribution in [0, 0.1) is 0 Å². The second kappa shape index (κ2) is 10.6. The van der Waals surface area contributed by atoms with Gasteiger partial charge in [0.15, 0.2) is 0 Å². The molecule has 1 aliphatic rings. The van der Waals surface area contributed by atoms with Crippen molar-refractivity contribution in [3.63, 3.8) is 0 Å². The van der Waals surface area contributed by atoms with Crippen LogP contribution in [0.1, 0.15) is 25.3 Å². The van der Waals surface area contributed by atoms with Gasteiger partial charge in [-0.2, -0.15) is 4.80 Å². The average molecular weight is 493 g/mol. The summed E-state index contributed by atoms with van der Waals surface area (Å²) in [6.07, 6.45) is 9.73. The number of anilines is 1. The summed E-state index contributed by atoms with van der Waals surface area (Å²) in [5.74, 6) is -1.40. The van der Waals surface area contributed by atoms with Crippen LogP contribution in [-0.4, -0.2) is 41.2 Å². The van der Waals surface area contributed by atoms with Crippen LogP contribution >= 0.6 is 11.6 Å². The van der Waals surface area contributed by atoms with Gasteiger partial charge in [-0.15, -0.1) is 10.2 Å². The maximum absolute atomic E-state index is 12.7. The molecule has 0 fully saturated rings. The molecule has 0 aliphatic carbocycles. The van der Waals surface area contributed by atoms with Crippen molar-refractivity contribution in [2.24, 2.45) is 0 Å². The second-order valence-electron chi connectivity index (χ2n) is 7.87. The lowest BCUT2D eigenvalue weighted by Crippen LogP contribution is -2.27. The molecule has 0 amide bonds. The number of hydrogen-bond donors (Lipinski definition) is 0. The summed E-state index contributed by atoms with van der Waals surface area (Å²) in [6.45, 7) is 2.17. The third-order valence-corrected chi connectivity index (χ3v) is 5.89. The average Bonchev–Trinajstić information content (AvgIpc) is 3.16. The van der Waals surface area contributed by atoms with E-state index in [0.29, 0.717) is 21.7 Å². The Bertz CT molecular complexity index is 1360. The summed E-state index contributed by atoms with van der Waals surface area (Å²) in [5, 5.41) is 9.49. The zero-order chi connectivity index (χ0) is 24.9. The molecular formula is C26H25ClN4O4. The molecule has 3 aromatic rings. The van der Waals surface area contributed by atoms with Crippen molar-refractivity contribution >= 4 is 40.3 Å². The van der Waals surface area contributed by atoms with E-state index in [2.05, 4.69) is 29.3 Å². The summed E-state index contributed by atoms with van der Waals surface area (Å²) in [4.78, 5) is 28.2. The van der Waals surface area contributed by atoms with Crippen LogP contribution in [-0.2, 0) is 25.5 Å². The van der Waals surface area contributed by atoms with Crippen molar-refractivity contribution in [3.05, 3.63) is 82.7 Å². The zero-order valence-electron chi connectivity index (χ0n) is 19.7. The third-order valence-electron chi connectivity index (χ3n) is 5.58. The Kier molecular flexibility index (Phi) is 7.31. The number of fused-ring (bicyclic) bond motifs is 1. The maximum Gasteiger partial charge on any atom is 0.355 e. The molecule has 0 atom stereocenters. The molecule has 0 unspecified atom stereocenters. The molecule has 8 nitrogen and oxygen atoms in total. The van der Waals surface area contributed by atoms with Gasteiger partial charge in [0, 0.05) is 6.20 Å². The summed E-state index contributed by atoms with van der Waals surface area (Å²) in [7, 11) is 2.49. The van der Waals surface area contributed by atoms with Crippen molar-refractivity contribution in [2.45, 2.75) is 26.2 Å². The highest BCUT2D eigenvalue weighted by Gasteiger charge is 2.29. The fourth-order valence-corrected chi connectivity index (χ4v) is 4.00. The number of methoxy groups -OCH3 is 2. The van der Waals surface area contributed by atoms with Crippen molar-refractivity contribution in [2.75, 3.05) is 19.1 Å². The number of rotatable bonds is 7. The molecule has 0 radical (unpaired) electrons. The first-order valence-electron chi connectivity index (χ1n) is 11.2. The molecule has 0 saturated carbocycles. The minimum Gasteiger partial charge on any atom is -0.465 e. The van der Waals surface area contributed by atoms with Crippen LogP contribution in [0.5, 0.6) is 0 Å². The van der Waals surface area contributed by atoms with Gasteiger partial charge in [-0.1, -0.05) is 43.2 Å². The van der Waals surface area contributed by atoms with E-state index >= 15 is 0 Å². The lowest BCUT2D eigenvalue weighted by Gasteiger charge is -2.23. The number of halogens is 1. The van der Waals surface area contributed by atoms with Gasteiger partial charge in [-0.05, 0) is 54.8 Å². The van der Waals surface area contributed by atoms with E-state index in [9.17, 15) is 9.59 Å². The largest absolute Gasteiger partial charge is 0.465 e. The first-order valence-corrected chi connectivity index (χ1v) is 11.6. The molecule has 2 heterocycles. The minimum atomic E-state index is -0.718. The van der Waals surface area contributed by atoms with Crippen molar-refractivity contribution in [1.29, 1.82) is 0 Å². The van der Waals surface area contributed by atoms with Gasteiger partial charge < -0.3 is 14.4 Å². The lowest BCUT2D eigenvalue weighted by molar-refractivity contribution is -0.139. The maximum atomic E-state index is 12.7. The zero-order valence-corrected chi connectivity index (χ0v) is 20.5. The first-order chi connectivity index (χ1) is 17.0. The fraction of sp³-hybridized carbons (Fsp3) is 0.231.